The van der Waals surface area contributed by atoms with Crippen LogP contribution in [0.25, 0.3) is 0 Å². The van der Waals surface area contributed by atoms with Gasteiger partial charge >= 0.3 is 5.97 Å². The third-order valence-electron chi connectivity index (χ3n) is 4.55. The van der Waals surface area contributed by atoms with E-state index in [0.29, 0.717) is 28.4 Å². The van der Waals surface area contributed by atoms with Crippen molar-refractivity contribution in [3.63, 3.8) is 0 Å². The summed E-state index contributed by atoms with van der Waals surface area (Å²) >= 11 is 1.54. The number of hydrogen-bond donors (Lipinski definition) is 1. The van der Waals surface area contributed by atoms with Gasteiger partial charge in [-0.25, -0.2) is 4.79 Å². The molecule has 0 bridgehead atoms. The first kappa shape index (κ1) is 18.6. The Labute approximate surface area is 171 Å². The molecule has 2 heterocycles. The monoisotopic (exact) mass is 404 g/mol. The van der Waals surface area contributed by atoms with Crippen LogP contribution in [0.3, 0.4) is 0 Å². The van der Waals surface area contributed by atoms with Crippen LogP contribution in [0, 0.1) is 11.3 Å². The van der Waals surface area contributed by atoms with Crippen molar-refractivity contribution in [1.29, 1.82) is 5.26 Å². The Kier molecular flexibility index (Phi) is 4.94. The SMILES string of the molecule is COc1ccc(C(=O)Oc2ccc3c(c2)OC(N)=C(C#N)C3c2cccs2)cc1. The Morgan fingerprint density at radius 3 is 2.59 bits per heavy atom. The predicted octanol–water partition coefficient (Wildman–Crippen LogP) is 4.19. The number of allylic oxidation sites excluding steroid dienone is 1. The van der Waals surface area contributed by atoms with Crippen molar-refractivity contribution in [2.75, 3.05) is 7.11 Å². The van der Waals surface area contributed by atoms with E-state index in [-0.39, 0.29) is 11.8 Å². The van der Waals surface area contributed by atoms with E-state index in [2.05, 4.69) is 6.07 Å². The Hall–Kier alpha value is -3.76. The van der Waals surface area contributed by atoms with Gasteiger partial charge in [0.2, 0.25) is 5.88 Å². The molecule has 2 N–H and O–H groups in total. The number of ether oxygens (including phenoxy) is 3. The van der Waals surface area contributed by atoms with Gasteiger partial charge in [0.05, 0.1) is 18.6 Å². The van der Waals surface area contributed by atoms with Crippen LogP contribution in [0.1, 0.15) is 26.7 Å². The second-order valence-electron chi connectivity index (χ2n) is 6.26. The van der Waals surface area contributed by atoms with E-state index in [4.69, 9.17) is 19.9 Å². The molecule has 0 spiro atoms. The molecule has 144 valence electrons. The van der Waals surface area contributed by atoms with Crippen LogP contribution in [-0.2, 0) is 0 Å². The molecular formula is C22H16N2O4S. The van der Waals surface area contributed by atoms with Crippen molar-refractivity contribution < 1.29 is 19.0 Å². The highest BCUT2D eigenvalue weighted by molar-refractivity contribution is 7.10. The fourth-order valence-electron chi connectivity index (χ4n) is 3.14. The summed E-state index contributed by atoms with van der Waals surface area (Å²) < 4.78 is 16.2. The second-order valence-corrected chi connectivity index (χ2v) is 7.24. The van der Waals surface area contributed by atoms with Gasteiger partial charge in [0, 0.05) is 16.5 Å². The zero-order valence-electron chi connectivity index (χ0n) is 15.4. The highest BCUT2D eigenvalue weighted by atomic mass is 32.1. The Bertz CT molecular complexity index is 1130. The zero-order chi connectivity index (χ0) is 20.4. The molecule has 1 aromatic heterocycles. The molecule has 0 amide bonds. The average Bonchev–Trinajstić information content (AvgIpc) is 3.27. The standard InChI is InChI=1S/C22H16N2O4S/c1-26-14-6-4-13(5-7-14)22(25)27-15-8-9-16-18(11-15)28-21(24)17(12-23)20(16)19-3-2-10-29-19/h2-11,20H,24H2,1H3. The molecule has 29 heavy (non-hydrogen) atoms. The number of carbonyl (C=O) groups excluding carboxylic acids is 1. The largest absolute Gasteiger partial charge is 0.497 e. The molecule has 6 nitrogen and oxygen atoms in total. The van der Waals surface area contributed by atoms with Crippen LogP contribution < -0.4 is 19.9 Å². The van der Waals surface area contributed by atoms with Crippen molar-refractivity contribution in [2.45, 2.75) is 5.92 Å². The first-order valence-electron chi connectivity index (χ1n) is 8.72. The normalized spacial score (nSPS) is 15.1. The summed E-state index contributed by atoms with van der Waals surface area (Å²) in [5.41, 5.74) is 7.54. The lowest BCUT2D eigenvalue weighted by Gasteiger charge is -2.25. The third kappa shape index (κ3) is 3.53. The minimum Gasteiger partial charge on any atom is -0.497 e. The lowest BCUT2D eigenvalue weighted by molar-refractivity contribution is 0.0734. The summed E-state index contributed by atoms with van der Waals surface area (Å²) in [6.45, 7) is 0. The predicted molar refractivity (Wildman–Crippen MR) is 108 cm³/mol. The molecule has 0 saturated carbocycles. The van der Waals surface area contributed by atoms with Gasteiger partial charge in [0.1, 0.15) is 28.9 Å². The van der Waals surface area contributed by atoms with E-state index in [0.717, 1.165) is 10.4 Å². The van der Waals surface area contributed by atoms with Crippen molar-refractivity contribution in [3.8, 4) is 23.3 Å². The molecule has 0 saturated heterocycles. The number of hydrogen-bond acceptors (Lipinski definition) is 7. The van der Waals surface area contributed by atoms with Gasteiger partial charge in [-0.1, -0.05) is 12.1 Å². The average molecular weight is 404 g/mol. The van der Waals surface area contributed by atoms with Gasteiger partial charge in [-0.15, -0.1) is 11.3 Å². The van der Waals surface area contributed by atoms with Crippen LogP contribution in [-0.4, -0.2) is 13.1 Å². The smallest absolute Gasteiger partial charge is 0.343 e. The molecule has 1 unspecified atom stereocenters. The maximum absolute atomic E-state index is 12.4. The van der Waals surface area contributed by atoms with Crippen molar-refractivity contribution >= 4 is 17.3 Å². The number of benzene rings is 2. The maximum Gasteiger partial charge on any atom is 0.343 e. The third-order valence-corrected chi connectivity index (χ3v) is 5.49. The molecule has 4 rings (SSSR count). The molecule has 1 aliphatic heterocycles. The number of nitriles is 1. The van der Waals surface area contributed by atoms with Crippen LogP contribution >= 0.6 is 11.3 Å². The van der Waals surface area contributed by atoms with Gasteiger partial charge in [-0.2, -0.15) is 5.26 Å². The molecular weight excluding hydrogens is 388 g/mol. The summed E-state index contributed by atoms with van der Waals surface area (Å²) in [7, 11) is 1.56. The Morgan fingerprint density at radius 2 is 1.93 bits per heavy atom. The Morgan fingerprint density at radius 1 is 1.17 bits per heavy atom. The Balaban J connectivity index is 1.63. The van der Waals surface area contributed by atoms with Crippen LogP contribution in [0.5, 0.6) is 17.2 Å². The minimum atomic E-state index is -0.501. The highest BCUT2D eigenvalue weighted by Crippen LogP contribution is 2.44. The van der Waals surface area contributed by atoms with E-state index in [1.165, 1.54) is 11.3 Å². The summed E-state index contributed by atoms with van der Waals surface area (Å²) in [5, 5.41) is 11.5. The first-order chi connectivity index (χ1) is 14.1. The maximum atomic E-state index is 12.4. The van der Waals surface area contributed by atoms with Gasteiger partial charge < -0.3 is 19.9 Å². The van der Waals surface area contributed by atoms with Gasteiger partial charge in [0.15, 0.2) is 0 Å². The quantitative estimate of drug-likeness (QED) is 0.517. The fraction of sp³-hybridized carbons (Fsp3) is 0.0909. The summed E-state index contributed by atoms with van der Waals surface area (Å²) in [6, 6.07) is 17.7. The number of nitrogens with two attached hydrogens (primary N) is 1. The highest BCUT2D eigenvalue weighted by Gasteiger charge is 2.31. The zero-order valence-corrected chi connectivity index (χ0v) is 16.2. The second kappa shape index (κ2) is 7.70. The van der Waals surface area contributed by atoms with Crippen molar-refractivity contribution in [3.05, 3.63) is 87.4 Å². The van der Waals surface area contributed by atoms with Gasteiger partial charge in [-0.05, 0) is 41.8 Å². The van der Waals surface area contributed by atoms with Crippen LogP contribution in [0.4, 0.5) is 0 Å². The topological polar surface area (TPSA) is 94.6 Å². The first-order valence-corrected chi connectivity index (χ1v) is 9.60. The number of fused-ring (bicyclic) bond motifs is 1. The molecule has 3 aromatic rings. The number of methoxy groups -OCH3 is 1. The molecule has 7 heteroatoms. The van der Waals surface area contributed by atoms with Gasteiger partial charge in [-0.3, -0.25) is 0 Å². The van der Waals surface area contributed by atoms with Gasteiger partial charge in [0.25, 0.3) is 0 Å². The fourth-order valence-corrected chi connectivity index (χ4v) is 3.99. The van der Waals surface area contributed by atoms with Crippen LogP contribution in [0.15, 0.2) is 71.4 Å². The number of esters is 1. The lowest BCUT2D eigenvalue weighted by atomic mass is 9.88. The van der Waals surface area contributed by atoms with E-state index in [1.807, 2.05) is 17.5 Å². The van der Waals surface area contributed by atoms with Crippen LogP contribution in [0.2, 0.25) is 0 Å². The molecule has 1 atom stereocenters. The van der Waals surface area contributed by atoms with Crippen molar-refractivity contribution in [1.82, 2.24) is 0 Å². The number of carbonyl (C=O) groups is 1. The van der Waals surface area contributed by atoms with Crippen molar-refractivity contribution in [2.24, 2.45) is 5.73 Å². The summed E-state index contributed by atoms with van der Waals surface area (Å²) in [5.74, 6) is 0.674. The molecule has 0 radical (unpaired) electrons. The number of rotatable bonds is 4. The minimum absolute atomic E-state index is 0.0528. The van der Waals surface area contributed by atoms with E-state index >= 15 is 0 Å². The number of thiophene rings is 1. The molecule has 2 aromatic carbocycles. The number of nitrogens with zero attached hydrogens (tertiary/aromatic N) is 1. The van der Waals surface area contributed by atoms with E-state index in [9.17, 15) is 10.1 Å². The molecule has 1 aliphatic rings. The lowest BCUT2D eigenvalue weighted by Crippen LogP contribution is -2.20. The van der Waals surface area contributed by atoms with E-state index < -0.39 is 5.97 Å². The molecule has 0 aliphatic carbocycles. The van der Waals surface area contributed by atoms with E-state index in [1.54, 1.807) is 49.6 Å². The summed E-state index contributed by atoms with van der Waals surface area (Å²) in [4.78, 5) is 13.4. The summed E-state index contributed by atoms with van der Waals surface area (Å²) in [6.07, 6.45) is 0. The molecule has 0 fully saturated rings.